The van der Waals surface area contributed by atoms with Crippen molar-refractivity contribution in [2.24, 2.45) is 5.92 Å². The Morgan fingerprint density at radius 1 is 1.41 bits per heavy atom. The van der Waals surface area contributed by atoms with Gasteiger partial charge in [0.1, 0.15) is 17.7 Å². The number of hydrogen-bond acceptors (Lipinski definition) is 5. The summed E-state index contributed by atoms with van der Waals surface area (Å²) in [6.45, 7) is 6.54. The first kappa shape index (κ1) is 16.2. The molecule has 7 nitrogen and oxygen atoms in total. The maximum absolute atomic E-state index is 12.5. The Balaban J connectivity index is 2.18. The van der Waals surface area contributed by atoms with Crippen LogP contribution in [-0.2, 0) is 4.79 Å². The molecule has 0 bridgehead atoms. The third kappa shape index (κ3) is 3.35. The van der Waals surface area contributed by atoms with E-state index in [0.29, 0.717) is 32.0 Å². The molecule has 1 N–H and O–H groups in total. The monoisotopic (exact) mass is 306 g/mol. The lowest BCUT2D eigenvalue weighted by atomic mass is 9.96. The van der Waals surface area contributed by atoms with Gasteiger partial charge in [0, 0.05) is 32.4 Å². The molecule has 2 heterocycles. The summed E-state index contributed by atoms with van der Waals surface area (Å²) >= 11 is 0. The van der Waals surface area contributed by atoms with Gasteiger partial charge >= 0.3 is 5.97 Å². The molecule has 0 unspecified atom stereocenters. The molecule has 0 spiro atoms. The van der Waals surface area contributed by atoms with Gasteiger partial charge in [0.05, 0.1) is 5.92 Å². The molecule has 1 aliphatic heterocycles. The SMILES string of the molecule is CCN(CC)C(=O)[C@@H]1CCCN(c2ncncc2C(=O)O)C1. The van der Waals surface area contributed by atoms with E-state index < -0.39 is 5.97 Å². The van der Waals surface area contributed by atoms with Gasteiger partial charge in [-0.15, -0.1) is 0 Å². The topological polar surface area (TPSA) is 86.6 Å². The summed E-state index contributed by atoms with van der Waals surface area (Å²) in [5, 5.41) is 9.25. The highest BCUT2D eigenvalue weighted by atomic mass is 16.4. The first-order valence-electron chi connectivity index (χ1n) is 7.65. The Labute approximate surface area is 130 Å². The van der Waals surface area contributed by atoms with Crippen LogP contribution in [0.2, 0.25) is 0 Å². The average Bonchev–Trinajstić information content (AvgIpc) is 2.56. The van der Waals surface area contributed by atoms with Crippen molar-refractivity contribution in [3.63, 3.8) is 0 Å². The Morgan fingerprint density at radius 3 is 2.77 bits per heavy atom. The summed E-state index contributed by atoms with van der Waals surface area (Å²) in [7, 11) is 0. The first-order chi connectivity index (χ1) is 10.6. The molecule has 0 radical (unpaired) electrons. The lowest BCUT2D eigenvalue weighted by Crippen LogP contribution is -2.45. The van der Waals surface area contributed by atoms with Crippen molar-refractivity contribution in [3.8, 4) is 0 Å². The predicted octanol–water partition coefficient (Wildman–Crippen LogP) is 1.26. The van der Waals surface area contributed by atoms with Gasteiger partial charge in [0.15, 0.2) is 0 Å². The number of carboxylic acid groups (broad SMARTS) is 1. The van der Waals surface area contributed by atoms with E-state index in [1.807, 2.05) is 23.6 Å². The van der Waals surface area contributed by atoms with Crippen LogP contribution in [0.5, 0.6) is 0 Å². The second kappa shape index (κ2) is 7.20. The van der Waals surface area contributed by atoms with Crippen LogP contribution in [0.4, 0.5) is 5.82 Å². The Hall–Kier alpha value is -2.18. The number of aromatic carboxylic acids is 1. The van der Waals surface area contributed by atoms with E-state index in [9.17, 15) is 14.7 Å². The van der Waals surface area contributed by atoms with Crippen molar-refractivity contribution in [1.29, 1.82) is 0 Å². The van der Waals surface area contributed by atoms with Crippen molar-refractivity contribution in [1.82, 2.24) is 14.9 Å². The molecule has 1 aromatic heterocycles. The molecular formula is C15H22N4O3. The summed E-state index contributed by atoms with van der Waals surface area (Å²) in [6.07, 6.45) is 4.33. The Morgan fingerprint density at radius 2 is 2.14 bits per heavy atom. The van der Waals surface area contributed by atoms with Crippen molar-refractivity contribution in [3.05, 3.63) is 18.1 Å². The first-order valence-corrected chi connectivity index (χ1v) is 7.65. The highest BCUT2D eigenvalue weighted by Gasteiger charge is 2.30. The predicted molar refractivity (Wildman–Crippen MR) is 81.9 cm³/mol. The van der Waals surface area contributed by atoms with Crippen LogP contribution in [0.1, 0.15) is 37.0 Å². The largest absolute Gasteiger partial charge is 0.477 e. The third-order valence-corrected chi connectivity index (χ3v) is 4.07. The van der Waals surface area contributed by atoms with Crippen LogP contribution in [0, 0.1) is 5.92 Å². The lowest BCUT2D eigenvalue weighted by Gasteiger charge is -2.35. The summed E-state index contributed by atoms with van der Waals surface area (Å²) < 4.78 is 0. The lowest BCUT2D eigenvalue weighted by molar-refractivity contribution is -0.135. The number of carbonyl (C=O) groups is 2. The molecule has 22 heavy (non-hydrogen) atoms. The van der Waals surface area contributed by atoms with Gasteiger partial charge in [-0.2, -0.15) is 0 Å². The molecule has 1 aliphatic rings. The van der Waals surface area contributed by atoms with Gasteiger partial charge in [-0.25, -0.2) is 14.8 Å². The molecule has 0 aliphatic carbocycles. The minimum absolute atomic E-state index is 0.0819. The van der Waals surface area contributed by atoms with Crippen LogP contribution < -0.4 is 4.90 Å². The molecule has 1 atom stereocenters. The van der Waals surface area contributed by atoms with Crippen molar-refractivity contribution < 1.29 is 14.7 Å². The van der Waals surface area contributed by atoms with Crippen LogP contribution in [-0.4, -0.2) is 58.0 Å². The van der Waals surface area contributed by atoms with E-state index in [1.165, 1.54) is 12.5 Å². The summed E-state index contributed by atoms with van der Waals surface area (Å²) in [5.74, 6) is -0.613. The van der Waals surface area contributed by atoms with E-state index in [4.69, 9.17) is 0 Å². The van der Waals surface area contributed by atoms with Gasteiger partial charge in [-0.1, -0.05) is 0 Å². The molecule has 1 fully saturated rings. The molecule has 2 rings (SSSR count). The van der Waals surface area contributed by atoms with Gasteiger partial charge in [0.2, 0.25) is 5.91 Å². The fourth-order valence-electron chi connectivity index (χ4n) is 2.89. The normalized spacial score (nSPS) is 18.1. The second-order valence-corrected chi connectivity index (χ2v) is 5.36. The maximum atomic E-state index is 12.5. The number of carbonyl (C=O) groups excluding carboxylic acids is 1. The number of aromatic nitrogens is 2. The summed E-state index contributed by atoms with van der Waals surface area (Å²) in [5.41, 5.74) is 0.0819. The van der Waals surface area contributed by atoms with E-state index >= 15 is 0 Å². The number of nitrogens with zero attached hydrogens (tertiary/aromatic N) is 4. The molecular weight excluding hydrogens is 284 g/mol. The van der Waals surface area contributed by atoms with Crippen LogP contribution in [0.3, 0.4) is 0 Å². The number of hydrogen-bond donors (Lipinski definition) is 1. The van der Waals surface area contributed by atoms with Gasteiger partial charge < -0.3 is 14.9 Å². The minimum Gasteiger partial charge on any atom is -0.477 e. The highest BCUT2D eigenvalue weighted by Crippen LogP contribution is 2.25. The number of amides is 1. The fourth-order valence-corrected chi connectivity index (χ4v) is 2.89. The molecule has 1 amide bonds. The third-order valence-electron chi connectivity index (χ3n) is 4.07. The molecule has 1 aromatic rings. The molecule has 0 saturated carbocycles. The average molecular weight is 306 g/mol. The smallest absolute Gasteiger partial charge is 0.341 e. The molecule has 1 saturated heterocycles. The van der Waals surface area contributed by atoms with E-state index in [2.05, 4.69) is 9.97 Å². The number of carboxylic acids is 1. The van der Waals surface area contributed by atoms with Crippen LogP contribution in [0.25, 0.3) is 0 Å². The number of anilines is 1. The van der Waals surface area contributed by atoms with E-state index in [-0.39, 0.29) is 17.4 Å². The minimum atomic E-state index is -1.05. The number of piperidine rings is 1. The van der Waals surface area contributed by atoms with Gasteiger partial charge in [0.25, 0.3) is 0 Å². The van der Waals surface area contributed by atoms with Gasteiger partial charge in [-0.3, -0.25) is 4.79 Å². The van der Waals surface area contributed by atoms with E-state index in [0.717, 1.165) is 12.8 Å². The Bertz CT molecular complexity index is 545. The van der Waals surface area contributed by atoms with Crippen LogP contribution >= 0.6 is 0 Å². The zero-order valence-corrected chi connectivity index (χ0v) is 13.0. The molecule has 7 heteroatoms. The number of rotatable bonds is 5. The zero-order valence-electron chi connectivity index (χ0n) is 13.0. The zero-order chi connectivity index (χ0) is 16.1. The van der Waals surface area contributed by atoms with Crippen molar-refractivity contribution >= 4 is 17.7 Å². The van der Waals surface area contributed by atoms with Crippen LogP contribution in [0.15, 0.2) is 12.5 Å². The second-order valence-electron chi connectivity index (χ2n) is 5.36. The Kier molecular flexibility index (Phi) is 5.30. The summed E-state index contributed by atoms with van der Waals surface area (Å²) in [6, 6.07) is 0. The quantitative estimate of drug-likeness (QED) is 0.881. The standard InChI is InChI=1S/C15H22N4O3/c1-3-18(4-2)14(20)11-6-5-7-19(9-11)13-12(15(21)22)8-16-10-17-13/h8,10-11H,3-7,9H2,1-2H3,(H,21,22)/t11-/m1/s1. The van der Waals surface area contributed by atoms with E-state index in [1.54, 1.807) is 0 Å². The highest BCUT2D eigenvalue weighted by molar-refractivity contribution is 5.93. The molecule has 120 valence electrons. The molecule has 0 aromatic carbocycles. The van der Waals surface area contributed by atoms with Crippen molar-refractivity contribution in [2.75, 3.05) is 31.1 Å². The summed E-state index contributed by atoms with van der Waals surface area (Å²) in [4.78, 5) is 35.4. The fraction of sp³-hybridized carbons (Fsp3) is 0.600. The maximum Gasteiger partial charge on any atom is 0.341 e. The van der Waals surface area contributed by atoms with Crippen molar-refractivity contribution in [2.45, 2.75) is 26.7 Å². The van der Waals surface area contributed by atoms with Gasteiger partial charge in [-0.05, 0) is 26.7 Å².